The molecule has 2 aromatic carbocycles. The molecule has 0 spiro atoms. The number of amides is 1. The van der Waals surface area contributed by atoms with Crippen molar-refractivity contribution in [2.45, 2.75) is 13.0 Å². The fraction of sp³-hybridized carbons (Fsp3) is 0.190. The van der Waals surface area contributed by atoms with Crippen LogP contribution in [-0.2, 0) is 16.1 Å². The number of benzene rings is 2. The monoisotopic (exact) mass is 415 g/mol. The topological polar surface area (TPSA) is 94.8 Å². The highest BCUT2D eigenvalue weighted by Gasteiger charge is 2.11. The Hall–Kier alpha value is -3.32. The fourth-order valence-corrected chi connectivity index (χ4v) is 2.79. The van der Waals surface area contributed by atoms with Crippen molar-refractivity contribution in [3.8, 4) is 5.75 Å². The lowest BCUT2D eigenvalue weighted by atomic mass is 10.1. The van der Waals surface area contributed by atoms with Crippen LogP contribution >= 0.6 is 11.6 Å². The summed E-state index contributed by atoms with van der Waals surface area (Å²) in [7, 11) is 1.51. The minimum atomic E-state index is -0.549. The fourth-order valence-electron chi connectivity index (χ4n) is 2.67. The molecule has 7 nitrogen and oxygen atoms in total. The molecule has 0 unspecified atom stereocenters. The van der Waals surface area contributed by atoms with Crippen LogP contribution in [0.1, 0.15) is 22.3 Å². The standard InChI is InChI=1S/C21H18ClNO6/c1-27-16-6-7-17-14(10-20(25)29-18(17)11-16)12-28-19(24)8-9-23-21(26)13-2-4-15(22)5-3-13/h2-7,10-11H,8-9,12H2,1H3,(H,23,26). The van der Waals surface area contributed by atoms with Gasteiger partial charge in [0.25, 0.3) is 5.91 Å². The van der Waals surface area contributed by atoms with E-state index >= 15 is 0 Å². The van der Waals surface area contributed by atoms with Crippen LogP contribution in [0, 0.1) is 0 Å². The number of ether oxygens (including phenoxy) is 2. The number of methoxy groups -OCH3 is 1. The van der Waals surface area contributed by atoms with Crippen molar-refractivity contribution in [3.63, 3.8) is 0 Å². The van der Waals surface area contributed by atoms with Crippen molar-refractivity contribution in [2.24, 2.45) is 0 Å². The SMILES string of the molecule is COc1ccc2c(COC(=O)CCNC(=O)c3ccc(Cl)cc3)cc(=O)oc2c1. The number of nitrogens with one attached hydrogen (secondary N) is 1. The van der Waals surface area contributed by atoms with Gasteiger partial charge in [0.05, 0.1) is 13.5 Å². The molecule has 8 heteroatoms. The molecule has 0 saturated heterocycles. The molecule has 0 atom stereocenters. The molecule has 150 valence electrons. The second-order valence-electron chi connectivity index (χ2n) is 6.13. The van der Waals surface area contributed by atoms with E-state index in [1.165, 1.54) is 13.2 Å². The zero-order chi connectivity index (χ0) is 20.8. The molecule has 0 aliphatic heterocycles. The summed E-state index contributed by atoms with van der Waals surface area (Å²) in [5.74, 6) is -0.266. The van der Waals surface area contributed by atoms with Gasteiger partial charge in [0.15, 0.2) is 0 Å². The van der Waals surface area contributed by atoms with Gasteiger partial charge in [-0.2, -0.15) is 0 Å². The number of hydrogen-bond acceptors (Lipinski definition) is 6. The van der Waals surface area contributed by atoms with Gasteiger partial charge >= 0.3 is 11.6 Å². The molecule has 0 aliphatic carbocycles. The Bertz CT molecular complexity index is 1090. The molecule has 0 fully saturated rings. The van der Waals surface area contributed by atoms with E-state index in [0.29, 0.717) is 32.9 Å². The van der Waals surface area contributed by atoms with Crippen molar-refractivity contribution < 1.29 is 23.5 Å². The van der Waals surface area contributed by atoms with Crippen molar-refractivity contribution in [1.82, 2.24) is 5.32 Å². The Morgan fingerprint density at radius 3 is 2.59 bits per heavy atom. The number of halogens is 1. The first-order valence-corrected chi connectivity index (χ1v) is 9.14. The lowest BCUT2D eigenvalue weighted by Crippen LogP contribution is -2.26. The van der Waals surface area contributed by atoms with Gasteiger partial charge < -0.3 is 19.2 Å². The average Bonchev–Trinajstić information content (AvgIpc) is 2.71. The maximum absolute atomic E-state index is 12.0. The number of fused-ring (bicyclic) bond motifs is 1. The Balaban J connectivity index is 1.55. The lowest BCUT2D eigenvalue weighted by molar-refractivity contribution is -0.144. The predicted octanol–water partition coefficient (Wildman–Crippen LogP) is 3.32. The number of carbonyl (C=O) groups is 2. The van der Waals surface area contributed by atoms with Crippen molar-refractivity contribution >= 4 is 34.4 Å². The first-order chi connectivity index (χ1) is 14.0. The van der Waals surface area contributed by atoms with E-state index in [9.17, 15) is 14.4 Å². The largest absolute Gasteiger partial charge is 0.497 e. The molecular formula is C21H18ClNO6. The van der Waals surface area contributed by atoms with Crippen molar-refractivity contribution in [1.29, 1.82) is 0 Å². The summed E-state index contributed by atoms with van der Waals surface area (Å²) in [5, 5.41) is 3.82. The number of hydrogen-bond donors (Lipinski definition) is 1. The smallest absolute Gasteiger partial charge is 0.336 e. The molecule has 1 N–H and O–H groups in total. The third-order valence-electron chi connectivity index (χ3n) is 4.15. The third kappa shape index (κ3) is 5.36. The molecular weight excluding hydrogens is 398 g/mol. The van der Waals surface area contributed by atoms with Crippen LogP contribution in [0.5, 0.6) is 5.75 Å². The maximum Gasteiger partial charge on any atom is 0.336 e. The van der Waals surface area contributed by atoms with E-state index in [0.717, 1.165) is 0 Å². The van der Waals surface area contributed by atoms with Gasteiger partial charge in [-0.15, -0.1) is 0 Å². The number of rotatable bonds is 7. The van der Waals surface area contributed by atoms with E-state index < -0.39 is 11.6 Å². The number of carbonyl (C=O) groups excluding carboxylic acids is 2. The highest BCUT2D eigenvalue weighted by Crippen LogP contribution is 2.23. The Labute approximate surface area is 171 Å². The van der Waals surface area contributed by atoms with Crippen LogP contribution in [-0.4, -0.2) is 25.5 Å². The molecule has 0 bridgehead atoms. The van der Waals surface area contributed by atoms with Crippen LogP contribution < -0.4 is 15.7 Å². The second-order valence-corrected chi connectivity index (χ2v) is 6.56. The predicted molar refractivity (Wildman–Crippen MR) is 107 cm³/mol. The van der Waals surface area contributed by atoms with E-state index in [1.54, 1.807) is 42.5 Å². The Morgan fingerprint density at radius 2 is 1.86 bits per heavy atom. The molecule has 3 rings (SSSR count). The first kappa shape index (κ1) is 20.4. The molecule has 0 aliphatic rings. The van der Waals surface area contributed by atoms with E-state index in [1.807, 2.05) is 0 Å². The number of esters is 1. The summed E-state index contributed by atoms with van der Waals surface area (Å²) in [5.41, 5.74) is 0.767. The first-order valence-electron chi connectivity index (χ1n) is 8.76. The molecule has 0 saturated carbocycles. The van der Waals surface area contributed by atoms with Crippen molar-refractivity contribution in [2.75, 3.05) is 13.7 Å². The van der Waals surface area contributed by atoms with Gasteiger partial charge in [-0.25, -0.2) is 4.79 Å². The maximum atomic E-state index is 12.0. The van der Waals surface area contributed by atoms with Gasteiger partial charge in [-0.3, -0.25) is 9.59 Å². The van der Waals surface area contributed by atoms with Gasteiger partial charge in [0, 0.05) is 40.2 Å². The zero-order valence-electron chi connectivity index (χ0n) is 15.6. The van der Waals surface area contributed by atoms with Gasteiger partial charge in [0.1, 0.15) is 17.9 Å². The summed E-state index contributed by atoms with van der Waals surface area (Å²) in [6, 6.07) is 12.7. The summed E-state index contributed by atoms with van der Waals surface area (Å²) >= 11 is 5.78. The van der Waals surface area contributed by atoms with E-state index in [2.05, 4.69) is 5.32 Å². The zero-order valence-corrected chi connectivity index (χ0v) is 16.3. The molecule has 29 heavy (non-hydrogen) atoms. The molecule has 1 aromatic heterocycles. The summed E-state index contributed by atoms with van der Waals surface area (Å²) < 4.78 is 15.5. The molecule has 1 amide bonds. The van der Waals surface area contributed by atoms with Gasteiger partial charge in [-0.05, 0) is 36.4 Å². The highest BCUT2D eigenvalue weighted by molar-refractivity contribution is 6.30. The van der Waals surface area contributed by atoms with Crippen LogP contribution in [0.15, 0.2) is 57.7 Å². The normalized spacial score (nSPS) is 10.6. The quantitative estimate of drug-likeness (QED) is 0.470. The van der Waals surface area contributed by atoms with Crippen LogP contribution in [0.2, 0.25) is 5.02 Å². The average molecular weight is 416 g/mol. The van der Waals surface area contributed by atoms with E-state index in [-0.39, 0.29) is 25.5 Å². The minimum absolute atomic E-state index is 0.00741. The third-order valence-corrected chi connectivity index (χ3v) is 4.40. The van der Waals surface area contributed by atoms with E-state index in [4.69, 9.17) is 25.5 Å². The van der Waals surface area contributed by atoms with Gasteiger partial charge in [0.2, 0.25) is 0 Å². The Kier molecular flexibility index (Phi) is 6.51. The minimum Gasteiger partial charge on any atom is -0.497 e. The van der Waals surface area contributed by atoms with Crippen LogP contribution in [0.3, 0.4) is 0 Å². The Morgan fingerprint density at radius 1 is 1.10 bits per heavy atom. The molecule has 0 radical (unpaired) electrons. The van der Waals surface area contributed by atoms with Gasteiger partial charge in [-0.1, -0.05) is 11.6 Å². The lowest BCUT2D eigenvalue weighted by Gasteiger charge is -2.09. The van der Waals surface area contributed by atoms with Crippen LogP contribution in [0.25, 0.3) is 11.0 Å². The molecule has 1 heterocycles. The summed E-state index contributed by atoms with van der Waals surface area (Å²) in [6.45, 7) is 0.0353. The van der Waals surface area contributed by atoms with Crippen LogP contribution in [0.4, 0.5) is 0 Å². The highest BCUT2D eigenvalue weighted by atomic mass is 35.5. The summed E-state index contributed by atoms with van der Waals surface area (Å²) in [4.78, 5) is 35.7. The second kappa shape index (κ2) is 9.25. The molecule has 3 aromatic rings. The summed E-state index contributed by atoms with van der Waals surface area (Å²) in [6.07, 6.45) is -0.00741. The van der Waals surface area contributed by atoms with Crippen molar-refractivity contribution in [3.05, 3.63) is 75.1 Å².